The zero-order valence-electron chi connectivity index (χ0n) is 18.4. The smallest absolute Gasteiger partial charge is 0.253 e. The van der Waals surface area contributed by atoms with E-state index in [9.17, 15) is 9.18 Å². The van der Waals surface area contributed by atoms with Gasteiger partial charge in [0.15, 0.2) is 11.5 Å². The van der Waals surface area contributed by atoms with E-state index in [0.29, 0.717) is 28.5 Å². The van der Waals surface area contributed by atoms with Crippen molar-refractivity contribution in [1.82, 2.24) is 24.9 Å². The Kier molecular flexibility index (Phi) is 5.51. The molecule has 0 fully saturated rings. The van der Waals surface area contributed by atoms with Gasteiger partial charge in [0, 0.05) is 30.9 Å². The van der Waals surface area contributed by atoms with Crippen molar-refractivity contribution in [3.8, 4) is 22.6 Å². The minimum atomic E-state index is -0.592. The van der Waals surface area contributed by atoms with E-state index in [1.54, 1.807) is 35.9 Å². The first-order chi connectivity index (χ1) is 16.6. The summed E-state index contributed by atoms with van der Waals surface area (Å²) in [7, 11) is 3.07. The fourth-order valence-corrected chi connectivity index (χ4v) is 3.72. The fourth-order valence-electron chi connectivity index (χ4n) is 3.72. The normalized spacial score (nSPS) is 11.0. The number of carbonyl (C=O) groups excluding carboxylic acids is 1. The molecular formula is C25H20FN5O3. The molecule has 3 heterocycles. The summed E-state index contributed by atoms with van der Waals surface area (Å²) in [6, 6.07) is 15.5. The third kappa shape index (κ3) is 3.88. The van der Waals surface area contributed by atoms with Crippen LogP contribution in [0.25, 0.3) is 27.7 Å². The standard InChI is InChI=1S/C25H20FN5O3/c1-27-25(32)18-6-3-15(11-20(18)26)16-4-8-23-29-30-24(31(23)13-16)14-34-22-9-10-28-21-12-17(33-2)5-7-19(21)22/h3-13H,14H2,1-2H3,(H,27,32). The number of carbonyl (C=O) groups is 1. The molecule has 0 saturated heterocycles. The molecule has 3 aromatic heterocycles. The van der Waals surface area contributed by atoms with Gasteiger partial charge in [0.25, 0.3) is 5.91 Å². The van der Waals surface area contributed by atoms with E-state index >= 15 is 0 Å². The maximum absolute atomic E-state index is 14.5. The summed E-state index contributed by atoms with van der Waals surface area (Å²) in [6.45, 7) is 0.166. The molecule has 0 atom stereocenters. The SMILES string of the molecule is CNC(=O)c1ccc(-c2ccc3nnc(COc4ccnc5cc(OC)ccc45)n3c2)cc1F. The Hall–Kier alpha value is -4.53. The van der Waals surface area contributed by atoms with E-state index < -0.39 is 11.7 Å². The van der Waals surface area contributed by atoms with Gasteiger partial charge in [-0.2, -0.15) is 0 Å². The van der Waals surface area contributed by atoms with Crippen LogP contribution in [0.4, 0.5) is 4.39 Å². The van der Waals surface area contributed by atoms with Gasteiger partial charge in [-0.25, -0.2) is 4.39 Å². The second-order valence-electron chi connectivity index (χ2n) is 7.52. The van der Waals surface area contributed by atoms with Crippen molar-refractivity contribution < 1.29 is 18.7 Å². The number of nitrogens with zero attached hydrogens (tertiary/aromatic N) is 4. The van der Waals surface area contributed by atoms with Crippen LogP contribution in [0.2, 0.25) is 0 Å². The molecule has 0 unspecified atom stereocenters. The third-order valence-corrected chi connectivity index (χ3v) is 5.51. The van der Waals surface area contributed by atoms with Gasteiger partial charge in [0.1, 0.15) is 23.9 Å². The fraction of sp³-hybridized carbons (Fsp3) is 0.120. The molecule has 0 aliphatic heterocycles. The average Bonchev–Trinajstić information content (AvgIpc) is 3.28. The topological polar surface area (TPSA) is 90.6 Å². The highest BCUT2D eigenvalue weighted by Crippen LogP contribution is 2.28. The van der Waals surface area contributed by atoms with Crippen LogP contribution in [0, 0.1) is 5.82 Å². The molecule has 0 spiro atoms. The zero-order valence-corrected chi connectivity index (χ0v) is 18.4. The monoisotopic (exact) mass is 457 g/mol. The molecule has 9 heteroatoms. The zero-order chi connectivity index (χ0) is 23.7. The lowest BCUT2D eigenvalue weighted by Crippen LogP contribution is -2.19. The van der Waals surface area contributed by atoms with Crippen molar-refractivity contribution in [3.63, 3.8) is 0 Å². The molecule has 0 radical (unpaired) electrons. The second-order valence-corrected chi connectivity index (χ2v) is 7.52. The number of benzene rings is 2. The summed E-state index contributed by atoms with van der Waals surface area (Å²) in [5.41, 5.74) is 2.76. The Balaban J connectivity index is 1.44. The van der Waals surface area contributed by atoms with Gasteiger partial charge in [0.2, 0.25) is 0 Å². The van der Waals surface area contributed by atoms with Crippen molar-refractivity contribution in [2.45, 2.75) is 6.61 Å². The Morgan fingerprint density at radius 3 is 2.71 bits per heavy atom. The van der Waals surface area contributed by atoms with Crippen LogP contribution in [-0.4, -0.2) is 39.6 Å². The van der Waals surface area contributed by atoms with Crippen molar-refractivity contribution in [2.24, 2.45) is 0 Å². The van der Waals surface area contributed by atoms with E-state index in [2.05, 4.69) is 20.5 Å². The maximum atomic E-state index is 14.5. The Labute approximate surface area is 194 Å². The molecule has 0 aliphatic rings. The molecule has 1 N–H and O–H groups in total. The van der Waals surface area contributed by atoms with Crippen LogP contribution in [0.1, 0.15) is 16.2 Å². The maximum Gasteiger partial charge on any atom is 0.253 e. The lowest BCUT2D eigenvalue weighted by atomic mass is 10.0. The number of hydrogen-bond donors (Lipinski definition) is 1. The van der Waals surface area contributed by atoms with E-state index in [1.165, 1.54) is 19.2 Å². The number of methoxy groups -OCH3 is 1. The molecule has 34 heavy (non-hydrogen) atoms. The largest absolute Gasteiger partial charge is 0.497 e. The molecule has 0 aliphatic carbocycles. The van der Waals surface area contributed by atoms with Crippen molar-refractivity contribution >= 4 is 22.5 Å². The highest BCUT2D eigenvalue weighted by Gasteiger charge is 2.13. The molecule has 0 bridgehead atoms. The van der Waals surface area contributed by atoms with Gasteiger partial charge in [0.05, 0.1) is 18.2 Å². The number of nitrogens with one attached hydrogen (secondary N) is 1. The van der Waals surface area contributed by atoms with Crippen molar-refractivity contribution in [1.29, 1.82) is 0 Å². The van der Waals surface area contributed by atoms with Gasteiger partial charge >= 0.3 is 0 Å². The van der Waals surface area contributed by atoms with Crippen LogP contribution >= 0.6 is 0 Å². The van der Waals surface area contributed by atoms with E-state index in [4.69, 9.17) is 9.47 Å². The second kappa shape index (κ2) is 8.78. The first-order valence-corrected chi connectivity index (χ1v) is 10.5. The van der Waals surface area contributed by atoms with Crippen molar-refractivity contribution in [2.75, 3.05) is 14.2 Å². The Morgan fingerprint density at radius 1 is 1.06 bits per heavy atom. The van der Waals surface area contributed by atoms with E-state index in [1.807, 2.05) is 30.5 Å². The molecule has 2 aromatic carbocycles. The Morgan fingerprint density at radius 2 is 1.91 bits per heavy atom. The average molecular weight is 457 g/mol. The van der Waals surface area contributed by atoms with E-state index in [-0.39, 0.29) is 12.2 Å². The van der Waals surface area contributed by atoms with Gasteiger partial charge in [-0.1, -0.05) is 6.07 Å². The number of fused-ring (bicyclic) bond motifs is 2. The number of aromatic nitrogens is 4. The third-order valence-electron chi connectivity index (χ3n) is 5.51. The van der Waals surface area contributed by atoms with Gasteiger partial charge < -0.3 is 14.8 Å². The molecular weight excluding hydrogens is 437 g/mol. The molecule has 1 amide bonds. The number of rotatable bonds is 6. The summed E-state index contributed by atoms with van der Waals surface area (Å²) in [6.07, 6.45) is 3.49. The number of pyridine rings is 2. The summed E-state index contributed by atoms with van der Waals surface area (Å²) in [4.78, 5) is 16.1. The highest BCUT2D eigenvalue weighted by atomic mass is 19.1. The summed E-state index contributed by atoms with van der Waals surface area (Å²) >= 11 is 0. The lowest BCUT2D eigenvalue weighted by molar-refractivity contribution is 0.0959. The summed E-state index contributed by atoms with van der Waals surface area (Å²) in [5.74, 6) is 0.892. The van der Waals surface area contributed by atoms with Crippen LogP contribution in [0.15, 0.2) is 67.0 Å². The minimum Gasteiger partial charge on any atom is -0.497 e. The van der Waals surface area contributed by atoms with Gasteiger partial charge in [-0.05, 0) is 53.6 Å². The first-order valence-electron chi connectivity index (χ1n) is 10.5. The van der Waals surface area contributed by atoms with Crippen LogP contribution < -0.4 is 14.8 Å². The number of amides is 1. The molecule has 0 saturated carbocycles. The summed E-state index contributed by atoms with van der Waals surface area (Å²) in [5, 5.41) is 11.7. The molecule has 8 nitrogen and oxygen atoms in total. The van der Waals surface area contributed by atoms with Crippen molar-refractivity contribution in [3.05, 3.63) is 84.2 Å². The predicted molar refractivity (Wildman–Crippen MR) is 124 cm³/mol. The van der Waals surface area contributed by atoms with Gasteiger partial charge in [-0.15, -0.1) is 10.2 Å². The highest BCUT2D eigenvalue weighted by molar-refractivity contribution is 5.94. The predicted octanol–water partition coefficient (Wildman–Crippen LogP) is 4.03. The van der Waals surface area contributed by atoms with Crippen LogP contribution in [0.3, 0.4) is 0 Å². The Bertz CT molecular complexity index is 1530. The minimum absolute atomic E-state index is 0.00656. The van der Waals surface area contributed by atoms with Crippen LogP contribution in [0.5, 0.6) is 11.5 Å². The summed E-state index contributed by atoms with van der Waals surface area (Å²) < 4.78 is 27.6. The molecule has 170 valence electrons. The number of ether oxygens (including phenoxy) is 2. The lowest BCUT2D eigenvalue weighted by Gasteiger charge is -2.10. The number of hydrogen-bond acceptors (Lipinski definition) is 6. The molecule has 5 aromatic rings. The van der Waals surface area contributed by atoms with Gasteiger partial charge in [-0.3, -0.25) is 14.2 Å². The number of halogens is 1. The first kappa shape index (κ1) is 21.3. The molecule has 5 rings (SSSR count). The quantitative estimate of drug-likeness (QED) is 0.414. The van der Waals surface area contributed by atoms with Crippen LogP contribution in [-0.2, 0) is 6.61 Å². The van der Waals surface area contributed by atoms with E-state index in [0.717, 1.165) is 16.5 Å².